The number of esters is 1. The molecule has 3 atom stereocenters. The zero-order valence-electron chi connectivity index (χ0n) is 27.4. The number of rotatable bonds is 11. The number of hydrogen-bond acceptors (Lipinski definition) is 6. The van der Waals surface area contributed by atoms with Crippen LogP contribution in [0.15, 0.2) is 54.6 Å². The SMILES string of the molecule is C#CN(C(=O)C(CC(C)C)NC(=O)OC(C)(C)C)C(C(=O)NC(Cc1ccccc1)C(=O)OC(C)(C)C)c1ccccc1C. The minimum Gasteiger partial charge on any atom is -0.458 e. The van der Waals surface area contributed by atoms with Gasteiger partial charge in [-0.3, -0.25) is 14.5 Å². The fourth-order valence-corrected chi connectivity index (χ4v) is 4.53. The number of carbonyl (C=O) groups excluding carboxylic acids is 4. The monoisotopic (exact) mass is 605 g/mol. The third-order valence-electron chi connectivity index (χ3n) is 6.35. The molecule has 0 aliphatic rings. The lowest BCUT2D eigenvalue weighted by molar-refractivity contribution is -0.159. The van der Waals surface area contributed by atoms with Crippen LogP contribution >= 0.6 is 0 Å². The quantitative estimate of drug-likeness (QED) is 0.200. The molecule has 0 spiro atoms. The first-order chi connectivity index (χ1) is 20.4. The van der Waals surface area contributed by atoms with Gasteiger partial charge in [0.15, 0.2) is 0 Å². The molecule has 2 aromatic carbocycles. The number of alkyl carbamates (subject to hydrolysis) is 1. The van der Waals surface area contributed by atoms with Crippen LogP contribution in [0, 0.1) is 25.3 Å². The molecular weight excluding hydrogens is 558 g/mol. The zero-order valence-corrected chi connectivity index (χ0v) is 27.4. The van der Waals surface area contributed by atoms with Crippen molar-refractivity contribution in [1.82, 2.24) is 15.5 Å². The number of nitrogens with zero attached hydrogens (tertiary/aromatic N) is 1. The molecule has 0 fully saturated rings. The Hall–Kier alpha value is -4.32. The highest BCUT2D eigenvalue weighted by Crippen LogP contribution is 2.26. The molecule has 0 aliphatic heterocycles. The molecule has 9 heteroatoms. The van der Waals surface area contributed by atoms with E-state index in [0.29, 0.717) is 11.1 Å². The highest BCUT2D eigenvalue weighted by atomic mass is 16.6. The number of hydrogen-bond donors (Lipinski definition) is 2. The molecule has 0 heterocycles. The van der Waals surface area contributed by atoms with Gasteiger partial charge in [0.05, 0.1) is 0 Å². The third-order valence-corrected chi connectivity index (χ3v) is 6.35. The summed E-state index contributed by atoms with van der Waals surface area (Å²) < 4.78 is 11.0. The molecule has 3 amide bonds. The molecule has 0 saturated heterocycles. The number of nitrogens with one attached hydrogen (secondary N) is 2. The number of benzene rings is 2. The van der Waals surface area contributed by atoms with Crippen molar-refractivity contribution in [2.24, 2.45) is 5.92 Å². The van der Waals surface area contributed by atoms with Crippen molar-refractivity contribution < 1.29 is 28.7 Å². The summed E-state index contributed by atoms with van der Waals surface area (Å²) in [5.41, 5.74) is 0.391. The second-order valence-electron chi connectivity index (χ2n) is 13.2. The van der Waals surface area contributed by atoms with E-state index in [-0.39, 0.29) is 18.8 Å². The maximum absolute atomic E-state index is 14.2. The van der Waals surface area contributed by atoms with Crippen molar-refractivity contribution in [3.63, 3.8) is 0 Å². The molecule has 0 radical (unpaired) electrons. The number of amides is 3. The summed E-state index contributed by atoms with van der Waals surface area (Å²) in [6, 6.07) is 15.2. The Kier molecular flexibility index (Phi) is 12.6. The van der Waals surface area contributed by atoms with Crippen molar-refractivity contribution >= 4 is 23.9 Å². The normalized spacial score (nSPS) is 13.6. The van der Waals surface area contributed by atoms with Crippen molar-refractivity contribution in [3.8, 4) is 12.5 Å². The van der Waals surface area contributed by atoms with Crippen LogP contribution in [0.1, 0.15) is 84.5 Å². The largest absolute Gasteiger partial charge is 0.458 e. The predicted octanol–water partition coefficient (Wildman–Crippen LogP) is 5.46. The van der Waals surface area contributed by atoms with E-state index in [4.69, 9.17) is 15.9 Å². The van der Waals surface area contributed by atoms with Crippen LogP contribution in [0.4, 0.5) is 4.79 Å². The highest BCUT2D eigenvalue weighted by Gasteiger charge is 2.38. The van der Waals surface area contributed by atoms with Crippen molar-refractivity contribution in [3.05, 3.63) is 71.3 Å². The van der Waals surface area contributed by atoms with Crippen molar-refractivity contribution in [2.75, 3.05) is 0 Å². The summed E-state index contributed by atoms with van der Waals surface area (Å²) in [6.07, 6.45) is 5.56. The Bertz CT molecular complexity index is 1330. The molecule has 0 bridgehead atoms. The van der Waals surface area contributed by atoms with Gasteiger partial charge in [-0.1, -0.05) is 74.9 Å². The van der Waals surface area contributed by atoms with Gasteiger partial charge in [-0.05, 0) is 77.5 Å². The molecule has 2 aromatic rings. The van der Waals surface area contributed by atoms with Crippen LogP contribution in [0.2, 0.25) is 0 Å². The van der Waals surface area contributed by atoms with Gasteiger partial charge in [-0.15, -0.1) is 0 Å². The maximum Gasteiger partial charge on any atom is 0.408 e. The molecule has 9 nitrogen and oxygen atoms in total. The van der Waals surface area contributed by atoms with Gasteiger partial charge in [0.2, 0.25) is 5.91 Å². The summed E-state index contributed by atoms with van der Waals surface area (Å²) in [6.45, 7) is 16.0. The van der Waals surface area contributed by atoms with Gasteiger partial charge >= 0.3 is 12.1 Å². The second-order valence-corrected chi connectivity index (χ2v) is 13.2. The van der Waals surface area contributed by atoms with E-state index in [9.17, 15) is 19.2 Å². The Labute approximate surface area is 262 Å². The minimum absolute atomic E-state index is 0.00771. The number of aryl methyl sites for hydroxylation is 1. The molecule has 3 unspecified atom stereocenters. The zero-order chi connectivity index (χ0) is 33.2. The van der Waals surface area contributed by atoms with Crippen LogP contribution in [0.5, 0.6) is 0 Å². The molecule has 2 N–H and O–H groups in total. The van der Waals surface area contributed by atoms with E-state index >= 15 is 0 Å². The lowest BCUT2D eigenvalue weighted by atomic mass is 9.96. The maximum atomic E-state index is 14.2. The highest BCUT2D eigenvalue weighted by molar-refractivity contribution is 5.95. The molecular formula is C35H47N3O6. The predicted molar refractivity (Wildman–Crippen MR) is 170 cm³/mol. The lowest BCUT2D eigenvalue weighted by Crippen LogP contribution is -2.54. The van der Waals surface area contributed by atoms with E-state index in [1.807, 2.05) is 44.2 Å². The van der Waals surface area contributed by atoms with Gasteiger partial charge in [-0.2, -0.15) is 0 Å². The van der Waals surface area contributed by atoms with E-state index in [0.717, 1.165) is 10.5 Å². The van der Waals surface area contributed by atoms with E-state index in [1.54, 1.807) is 72.7 Å². The molecule has 44 heavy (non-hydrogen) atoms. The summed E-state index contributed by atoms with van der Waals surface area (Å²) >= 11 is 0. The summed E-state index contributed by atoms with van der Waals surface area (Å²) in [4.78, 5) is 55.3. The van der Waals surface area contributed by atoms with Crippen LogP contribution in [-0.4, -0.2) is 52.1 Å². The smallest absolute Gasteiger partial charge is 0.408 e. The van der Waals surface area contributed by atoms with Gasteiger partial charge in [-0.25, -0.2) is 9.59 Å². The fraction of sp³-hybridized carbons (Fsp3) is 0.486. The van der Waals surface area contributed by atoms with Crippen molar-refractivity contribution in [2.45, 2.75) is 104 Å². The average molecular weight is 606 g/mol. The summed E-state index contributed by atoms with van der Waals surface area (Å²) in [5.74, 6) is -1.96. The number of carbonyl (C=O) groups is 4. The first-order valence-corrected chi connectivity index (χ1v) is 14.8. The fourth-order valence-electron chi connectivity index (χ4n) is 4.53. The topological polar surface area (TPSA) is 114 Å². The molecule has 2 rings (SSSR count). The summed E-state index contributed by atoms with van der Waals surface area (Å²) in [5, 5.41) is 5.46. The average Bonchev–Trinajstić information content (AvgIpc) is 2.89. The molecule has 0 aromatic heterocycles. The van der Waals surface area contributed by atoms with Gasteiger partial charge in [0.1, 0.15) is 29.3 Å². The van der Waals surface area contributed by atoms with Crippen LogP contribution in [-0.2, 0) is 30.3 Å². The minimum atomic E-state index is -1.32. The Balaban J connectivity index is 2.55. The Morgan fingerprint density at radius 3 is 1.93 bits per heavy atom. The first-order valence-electron chi connectivity index (χ1n) is 14.8. The van der Waals surface area contributed by atoms with Crippen molar-refractivity contribution in [1.29, 1.82) is 0 Å². The van der Waals surface area contributed by atoms with Crippen LogP contribution in [0.25, 0.3) is 0 Å². The summed E-state index contributed by atoms with van der Waals surface area (Å²) in [7, 11) is 0. The second kappa shape index (κ2) is 15.4. The van der Waals surface area contributed by atoms with Gasteiger partial charge in [0.25, 0.3) is 5.91 Å². The number of terminal acetylenes is 1. The van der Waals surface area contributed by atoms with Gasteiger partial charge in [0, 0.05) is 12.5 Å². The molecule has 0 aliphatic carbocycles. The molecule has 0 saturated carbocycles. The van der Waals surface area contributed by atoms with Crippen LogP contribution in [0.3, 0.4) is 0 Å². The van der Waals surface area contributed by atoms with Crippen LogP contribution < -0.4 is 10.6 Å². The molecule has 238 valence electrons. The lowest BCUT2D eigenvalue weighted by Gasteiger charge is -2.32. The standard InChI is InChI=1S/C35H47N3O6/c1-11-38(31(40)27(21-23(2)3)37-33(42)44-35(8,9)10)29(26-20-16-15-17-24(26)4)30(39)36-28(32(41)43-34(5,6)7)22-25-18-13-12-14-19-25/h1,12-20,23,27-29H,21-22H2,2-10H3,(H,36,39)(H,37,42). The van der Waals surface area contributed by atoms with E-state index in [2.05, 4.69) is 16.7 Å². The Morgan fingerprint density at radius 1 is 0.841 bits per heavy atom. The number of ether oxygens (including phenoxy) is 2. The first kappa shape index (κ1) is 35.9. The Morgan fingerprint density at radius 2 is 1.41 bits per heavy atom. The van der Waals surface area contributed by atoms with E-state index in [1.165, 1.54) is 0 Å². The van der Waals surface area contributed by atoms with E-state index < -0.39 is 53.2 Å². The third kappa shape index (κ3) is 11.4. The van der Waals surface area contributed by atoms with Gasteiger partial charge < -0.3 is 20.1 Å².